The van der Waals surface area contributed by atoms with E-state index < -0.39 is 0 Å². The maximum absolute atomic E-state index is 3.65. The van der Waals surface area contributed by atoms with E-state index in [4.69, 9.17) is 0 Å². The van der Waals surface area contributed by atoms with E-state index >= 15 is 0 Å². The van der Waals surface area contributed by atoms with E-state index in [9.17, 15) is 0 Å². The lowest BCUT2D eigenvalue weighted by Crippen LogP contribution is -2.49. The molecule has 0 amide bonds. The van der Waals surface area contributed by atoms with E-state index in [1.54, 1.807) is 0 Å². The molecule has 0 aromatic heterocycles. The zero-order chi connectivity index (χ0) is 15.1. The van der Waals surface area contributed by atoms with Crippen LogP contribution in [0.5, 0.6) is 0 Å². The highest BCUT2D eigenvalue weighted by atomic mass is 79.9. The zero-order valence-electron chi connectivity index (χ0n) is 13.6. The van der Waals surface area contributed by atoms with Crippen LogP contribution in [-0.4, -0.2) is 13.1 Å². The predicted octanol–water partition coefficient (Wildman–Crippen LogP) is 5.36. The third kappa shape index (κ3) is 3.22. The standard InChI is InChI=1S/C19H28BrN/c1-14-10-18(2,3)13-19(11-14)8-9-21-12-17(19)15-4-6-16(20)7-5-15/h4-7,14,17,21H,8-13H2,1-3H3. The van der Waals surface area contributed by atoms with Crippen molar-refractivity contribution in [2.45, 2.75) is 52.4 Å². The molecular weight excluding hydrogens is 322 g/mol. The van der Waals surface area contributed by atoms with E-state index in [0.717, 1.165) is 12.5 Å². The molecule has 1 saturated heterocycles. The van der Waals surface area contributed by atoms with Crippen molar-refractivity contribution in [2.24, 2.45) is 16.7 Å². The van der Waals surface area contributed by atoms with Crippen molar-refractivity contribution in [3.05, 3.63) is 34.3 Å². The summed E-state index contributed by atoms with van der Waals surface area (Å²) in [6.07, 6.45) is 5.50. The highest BCUT2D eigenvalue weighted by Gasteiger charge is 2.48. The third-order valence-corrected chi connectivity index (χ3v) is 6.18. The lowest BCUT2D eigenvalue weighted by atomic mass is 9.53. The fourth-order valence-corrected chi connectivity index (χ4v) is 5.67. The molecule has 2 aliphatic rings. The van der Waals surface area contributed by atoms with Crippen LogP contribution in [0.15, 0.2) is 28.7 Å². The average Bonchev–Trinajstić information content (AvgIpc) is 2.38. The third-order valence-electron chi connectivity index (χ3n) is 5.65. The van der Waals surface area contributed by atoms with Gasteiger partial charge in [0.15, 0.2) is 0 Å². The van der Waals surface area contributed by atoms with Gasteiger partial charge in [-0.25, -0.2) is 0 Å². The fourth-order valence-electron chi connectivity index (χ4n) is 5.40. The molecule has 0 radical (unpaired) electrons. The molecule has 1 aromatic carbocycles. The first kappa shape index (κ1) is 15.6. The van der Waals surface area contributed by atoms with Gasteiger partial charge in [0.05, 0.1) is 0 Å². The largest absolute Gasteiger partial charge is 0.316 e. The van der Waals surface area contributed by atoms with E-state index in [0.29, 0.717) is 16.7 Å². The van der Waals surface area contributed by atoms with E-state index in [1.165, 1.54) is 42.3 Å². The van der Waals surface area contributed by atoms with Gasteiger partial charge < -0.3 is 5.32 Å². The molecule has 3 unspecified atom stereocenters. The lowest BCUT2D eigenvalue weighted by molar-refractivity contribution is 0.00501. The van der Waals surface area contributed by atoms with Crippen LogP contribution >= 0.6 is 15.9 Å². The Hall–Kier alpha value is -0.340. The van der Waals surface area contributed by atoms with Crippen LogP contribution in [0.3, 0.4) is 0 Å². The van der Waals surface area contributed by atoms with Gasteiger partial charge in [-0.15, -0.1) is 0 Å². The summed E-state index contributed by atoms with van der Waals surface area (Å²) in [5, 5.41) is 3.65. The monoisotopic (exact) mass is 349 g/mol. The molecule has 1 spiro atoms. The van der Waals surface area contributed by atoms with Crippen LogP contribution in [0.25, 0.3) is 0 Å². The first-order valence-corrected chi connectivity index (χ1v) is 9.16. The lowest BCUT2D eigenvalue weighted by Gasteiger charge is -2.54. The Bertz CT molecular complexity index is 493. The fraction of sp³-hybridized carbons (Fsp3) is 0.684. The average molecular weight is 350 g/mol. The van der Waals surface area contributed by atoms with Gasteiger partial charge in [0.2, 0.25) is 0 Å². The summed E-state index contributed by atoms with van der Waals surface area (Å²) >= 11 is 3.57. The Morgan fingerprint density at radius 3 is 2.52 bits per heavy atom. The van der Waals surface area contributed by atoms with Crippen LogP contribution < -0.4 is 5.32 Å². The summed E-state index contributed by atoms with van der Waals surface area (Å²) in [7, 11) is 0. The van der Waals surface area contributed by atoms with Crippen molar-refractivity contribution >= 4 is 15.9 Å². The predicted molar refractivity (Wildman–Crippen MR) is 93.6 cm³/mol. The number of hydrogen-bond donors (Lipinski definition) is 1. The van der Waals surface area contributed by atoms with Gasteiger partial charge in [-0.3, -0.25) is 0 Å². The van der Waals surface area contributed by atoms with Gasteiger partial charge in [0.25, 0.3) is 0 Å². The molecule has 1 aromatic rings. The molecule has 3 rings (SSSR count). The van der Waals surface area contributed by atoms with Crippen LogP contribution in [0.4, 0.5) is 0 Å². The van der Waals surface area contributed by atoms with Crippen LogP contribution in [-0.2, 0) is 0 Å². The Morgan fingerprint density at radius 1 is 1.14 bits per heavy atom. The number of piperidine rings is 1. The Morgan fingerprint density at radius 2 is 1.86 bits per heavy atom. The molecule has 2 heteroatoms. The minimum atomic E-state index is 0.489. The number of hydrogen-bond acceptors (Lipinski definition) is 1. The second-order valence-electron chi connectivity index (χ2n) is 8.28. The molecule has 1 nitrogen and oxygen atoms in total. The summed E-state index contributed by atoms with van der Waals surface area (Å²) in [6.45, 7) is 9.75. The van der Waals surface area contributed by atoms with Crippen molar-refractivity contribution in [3.63, 3.8) is 0 Å². The number of benzene rings is 1. The van der Waals surface area contributed by atoms with E-state index in [1.807, 2.05) is 0 Å². The maximum Gasteiger partial charge on any atom is 0.0175 e. The van der Waals surface area contributed by atoms with Crippen LogP contribution in [0.2, 0.25) is 0 Å². The summed E-state index contributed by atoms with van der Waals surface area (Å²) in [4.78, 5) is 0. The summed E-state index contributed by atoms with van der Waals surface area (Å²) in [5.41, 5.74) is 2.51. The number of nitrogens with one attached hydrogen (secondary N) is 1. The van der Waals surface area contributed by atoms with Crippen molar-refractivity contribution in [3.8, 4) is 0 Å². The van der Waals surface area contributed by atoms with Crippen molar-refractivity contribution < 1.29 is 0 Å². The molecule has 1 N–H and O–H groups in total. The SMILES string of the molecule is CC1CC(C)(C)CC2(CCNCC2c2ccc(Br)cc2)C1. The van der Waals surface area contributed by atoms with Crippen molar-refractivity contribution in [1.82, 2.24) is 5.32 Å². The van der Waals surface area contributed by atoms with Gasteiger partial charge in [0.1, 0.15) is 0 Å². The zero-order valence-corrected chi connectivity index (χ0v) is 15.2. The Kier molecular flexibility index (Phi) is 4.22. The second kappa shape index (κ2) is 5.70. The molecule has 0 bridgehead atoms. The molecular formula is C19H28BrN. The summed E-state index contributed by atoms with van der Waals surface area (Å²) in [6, 6.07) is 9.07. The molecule has 2 fully saturated rings. The van der Waals surface area contributed by atoms with Gasteiger partial charge in [-0.1, -0.05) is 48.8 Å². The second-order valence-corrected chi connectivity index (χ2v) is 9.19. The molecule has 1 aliphatic heterocycles. The number of rotatable bonds is 1. The van der Waals surface area contributed by atoms with Gasteiger partial charge in [0, 0.05) is 16.9 Å². The maximum atomic E-state index is 3.65. The molecule has 1 saturated carbocycles. The Labute approximate surface area is 138 Å². The topological polar surface area (TPSA) is 12.0 Å². The quantitative estimate of drug-likeness (QED) is 0.719. The summed E-state index contributed by atoms with van der Waals surface area (Å²) in [5.74, 6) is 1.52. The van der Waals surface area contributed by atoms with Crippen LogP contribution in [0, 0.1) is 16.7 Å². The highest BCUT2D eigenvalue weighted by molar-refractivity contribution is 9.10. The van der Waals surface area contributed by atoms with Gasteiger partial charge in [-0.05, 0) is 66.7 Å². The first-order chi connectivity index (χ1) is 9.90. The first-order valence-electron chi connectivity index (χ1n) is 8.36. The van der Waals surface area contributed by atoms with E-state index in [2.05, 4.69) is 66.3 Å². The van der Waals surface area contributed by atoms with Crippen molar-refractivity contribution in [1.29, 1.82) is 0 Å². The molecule has 1 heterocycles. The molecule has 116 valence electrons. The molecule has 3 atom stereocenters. The van der Waals surface area contributed by atoms with Crippen molar-refractivity contribution in [2.75, 3.05) is 13.1 Å². The highest BCUT2D eigenvalue weighted by Crippen LogP contribution is 2.57. The minimum Gasteiger partial charge on any atom is -0.316 e. The Balaban J connectivity index is 1.95. The van der Waals surface area contributed by atoms with Crippen LogP contribution in [0.1, 0.15) is 57.9 Å². The minimum absolute atomic E-state index is 0.489. The normalized spacial score (nSPS) is 35.8. The molecule has 21 heavy (non-hydrogen) atoms. The molecule has 1 aliphatic carbocycles. The number of halogens is 1. The summed E-state index contributed by atoms with van der Waals surface area (Å²) < 4.78 is 1.18. The smallest absolute Gasteiger partial charge is 0.0175 e. The van der Waals surface area contributed by atoms with Gasteiger partial charge in [-0.2, -0.15) is 0 Å². The van der Waals surface area contributed by atoms with Gasteiger partial charge >= 0.3 is 0 Å². The van der Waals surface area contributed by atoms with E-state index in [-0.39, 0.29) is 0 Å².